The molecular formula is C37H47N3O4. The molecule has 0 aromatic heterocycles. The number of benzene rings is 3. The number of carbonyl (C=O) groups is 1. The highest BCUT2D eigenvalue weighted by Gasteiger charge is 2.56. The highest BCUT2D eigenvalue weighted by Crippen LogP contribution is 2.50. The van der Waals surface area contributed by atoms with Gasteiger partial charge in [-0.3, -0.25) is 4.90 Å². The standard InChI is InChI=1S/C37H47N3O4/c1-38(2)37(33-12-7-4-8-13-33)20-18-35(19-21-37)27-39(23-30-14-15-31(24-41)32(22-30)25-42)34(43)40(35)28-36(16-9-17-36)44-26-29-10-5-3-6-11-29/h3-8,10-15,22,41-42H,9,16-21,23-28H2,1-2H3. The van der Waals surface area contributed by atoms with Crippen molar-refractivity contribution in [2.75, 3.05) is 27.2 Å². The fourth-order valence-corrected chi connectivity index (χ4v) is 7.86. The average Bonchev–Trinajstić information content (AvgIpc) is 3.28. The van der Waals surface area contributed by atoms with Crippen molar-refractivity contribution in [1.82, 2.24) is 14.7 Å². The van der Waals surface area contributed by atoms with Crippen molar-refractivity contribution < 1.29 is 19.7 Å². The fraction of sp³-hybridized carbons (Fsp3) is 0.486. The minimum Gasteiger partial charge on any atom is -0.392 e. The Balaban J connectivity index is 1.28. The Morgan fingerprint density at radius 1 is 0.795 bits per heavy atom. The van der Waals surface area contributed by atoms with Crippen LogP contribution in [0.2, 0.25) is 0 Å². The Morgan fingerprint density at radius 3 is 2.05 bits per heavy atom. The molecule has 2 amide bonds. The monoisotopic (exact) mass is 597 g/mol. The van der Waals surface area contributed by atoms with E-state index in [9.17, 15) is 15.0 Å². The van der Waals surface area contributed by atoms with E-state index in [-0.39, 0.29) is 35.9 Å². The van der Waals surface area contributed by atoms with Gasteiger partial charge in [0, 0.05) is 18.6 Å². The van der Waals surface area contributed by atoms with E-state index < -0.39 is 0 Å². The summed E-state index contributed by atoms with van der Waals surface area (Å²) in [7, 11) is 4.37. The van der Waals surface area contributed by atoms with Crippen molar-refractivity contribution in [2.24, 2.45) is 0 Å². The molecule has 1 heterocycles. The minimum atomic E-state index is -0.323. The number of urea groups is 1. The molecule has 3 aromatic carbocycles. The Kier molecular flexibility index (Phi) is 8.84. The van der Waals surface area contributed by atoms with Gasteiger partial charge in [0.05, 0.1) is 37.5 Å². The molecule has 2 saturated carbocycles. The van der Waals surface area contributed by atoms with Gasteiger partial charge in [0.15, 0.2) is 0 Å². The van der Waals surface area contributed by atoms with Crippen LogP contribution in [0.25, 0.3) is 0 Å². The van der Waals surface area contributed by atoms with Gasteiger partial charge in [-0.05, 0) is 86.9 Å². The Hall–Kier alpha value is -3.23. The van der Waals surface area contributed by atoms with Gasteiger partial charge in [-0.1, -0.05) is 78.9 Å². The first-order valence-electron chi connectivity index (χ1n) is 16.1. The van der Waals surface area contributed by atoms with Gasteiger partial charge >= 0.3 is 6.03 Å². The van der Waals surface area contributed by atoms with Crippen molar-refractivity contribution in [2.45, 2.75) is 88.0 Å². The number of ether oxygens (including phenoxy) is 1. The van der Waals surface area contributed by atoms with E-state index >= 15 is 0 Å². The number of nitrogens with zero attached hydrogens (tertiary/aromatic N) is 3. The smallest absolute Gasteiger partial charge is 0.321 e. The molecule has 3 aromatic rings. The number of aliphatic hydroxyl groups is 2. The van der Waals surface area contributed by atoms with Crippen molar-refractivity contribution in [1.29, 1.82) is 0 Å². The number of amides is 2. The average molecular weight is 598 g/mol. The van der Waals surface area contributed by atoms with Gasteiger partial charge in [-0.2, -0.15) is 0 Å². The third-order valence-electron chi connectivity index (χ3n) is 10.8. The van der Waals surface area contributed by atoms with E-state index in [2.05, 4.69) is 66.4 Å². The van der Waals surface area contributed by atoms with E-state index in [1.54, 1.807) is 0 Å². The molecule has 0 radical (unpaired) electrons. The summed E-state index contributed by atoms with van der Waals surface area (Å²) in [5.74, 6) is 0. The second kappa shape index (κ2) is 12.6. The van der Waals surface area contributed by atoms with Crippen LogP contribution in [-0.2, 0) is 36.6 Å². The van der Waals surface area contributed by atoms with Gasteiger partial charge in [0.25, 0.3) is 0 Å². The maximum absolute atomic E-state index is 14.4. The summed E-state index contributed by atoms with van der Waals surface area (Å²) in [6.07, 6.45) is 6.83. The van der Waals surface area contributed by atoms with Crippen LogP contribution >= 0.6 is 0 Å². The highest BCUT2D eigenvalue weighted by molar-refractivity contribution is 5.78. The summed E-state index contributed by atoms with van der Waals surface area (Å²) >= 11 is 0. The predicted molar refractivity (Wildman–Crippen MR) is 172 cm³/mol. The zero-order chi connectivity index (χ0) is 30.8. The zero-order valence-corrected chi connectivity index (χ0v) is 26.3. The van der Waals surface area contributed by atoms with Crippen LogP contribution in [-0.4, -0.2) is 69.3 Å². The molecule has 7 nitrogen and oxygen atoms in total. The number of carbonyl (C=O) groups excluding carboxylic acids is 1. The van der Waals surface area contributed by atoms with Crippen LogP contribution in [0.5, 0.6) is 0 Å². The lowest BCUT2D eigenvalue weighted by Gasteiger charge is -2.53. The Morgan fingerprint density at radius 2 is 1.45 bits per heavy atom. The molecule has 7 heteroatoms. The maximum atomic E-state index is 14.4. The van der Waals surface area contributed by atoms with Crippen molar-refractivity contribution >= 4 is 6.03 Å². The molecule has 234 valence electrons. The normalized spacial score (nSPS) is 24.7. The van der Waals surface area contributed by atoms with Crippen LogP contribution in [0.3, 0.4) is 0 Å². The largest absolute Gasteiger partial charge is 0.392 e. The molecule has 3 fully saturated rings. The summed E-state index contributed by atoms with van der Waals surface area (Å²) in [6, 6.07) is 27.0. The molecule has 3 aliphatic rings. The third-order valence-corrected chi connectivity index (χ3v) is 10.8. The highest BCUT2D eigenvalue weighted by atomic mass is 16.5. The molecule has 0 bridgehead atoms. The molecule has 1 spiro atoms. The summed E-state index contributed by atoms with van der Waals surface area (Å²) < 4.78 is 6.68. The Bertz CT molecular complexity index is 1420. The summed E-state index contributed by atoms with van der Waals surface area (Å²) in [5.41, 5.74) is 4.24. The second-order valence-electron chi connectivity index (χ2n) is 13.5. The minimum absolute atomic E-state index is 0.0667. The number of hydrogen-bond acceptors (Lipinski definition) is 5. The van der Waals surface area contributed by atoms with E-state index in [0.29, 0.717) is 31.8 Å². The first kappa shape index (κ1) is 30.8. The first-order chi connectivity index (χ1) is 21.3. The lowest BCUT2D eigenvalue weighted by Crippen LogP contribution is -2.60. The zero-order valence-electron chi connectivity index (χ0n) is 26.3. The molecule has 1 aliphatic heterocycles. The van der Waals surface area contributed by atoms with Crippen LogP contribution in [0.15, 0.2) is 78.9 Å². The van der Waals surface area contributed by atoms with Crippen molar-refractivity contribution in [3.63, 3.8) is 0 Å². The number of aliphatic hydroxyl groups excluding tert-OH is 2. The maximum Gasteiger partial charge on any atom is 0.321 e. The van der Waals surface area contributed by atoms with Gasteiger partial charge in [0.1, 0.15) is 0 Å². The molecule has 1 saturated heterocycles. The van der Waals surface area contributed by atoms with E-state index in [0.717, 1.165) is 61.6 Å². The Labute approximate surface area is 262 Å². The van der Waals surface area contributed by atoms with Crippen molar-refractivity contribution in [3.05, 3.63) is 107 Å². The fourth-order valence-electron chi connectivity index (χ4n) is 7.86. The molecule has 2 N–H and O–H groups in total. The molecule has 6 rings (SSSR count). The molecule has 44 heavy (non-hydrogen) atoms. The summed E-state index contributed by atoms with van der Waals surface area (Å²) in [6.45, 7) is 2.07. The van der Waals surface area contributed by atoms with Gasteiger partial charge < -0.3 is 24.7 Å². The van der Waals surface area contributed by atoms with Crippen LogP contribution in [0, 0.1) is 0 Å². The van der Waals surface area contributed by atoms with Crippen LogP contribution < -0.4 is 0 Å². The lowest BCUT2D eigenvalue weighted by molar-refractivity contribution is -0.130. The first-order valence-corrected chi connectivity index (χ1v) is 16.1. The van der Waals surface area contributed by atoms with Gasteiger partial charge in [-0.15, -0.1) is 0 Å². The third kappa shape index (κ3) is 5.79. The van der Waals surface area contributed by atoms with E-state index in [1.165, 1.54) is 5.56 Å². The quantitative estimate of drug-likeness (QED) is 0.292. The molecular weight excluding hydrogens is 550 g/mol. The van der Waals surface area contributed by atoms with Crippen LogP contribution in [0.4, 0.5) is 4.79 Å². The van der Waals surface area contributed by atoms with Crippen LogP contribution in [0.1, 0.15) is 72.8 Å². The number of rotatable bonds is 11. The molecule has 0 atom stereocenters. The van der Waals surface area contributed by atoms with Crippen molar-refractivity contribution in [3.8, 4) is 0 Å². The lowest BCUT2D eigenvalue weighted by atomic mass is 9.67. The topological polar surface area (TPSA) is 76.5 Å². The number of hydrogen-bond donors (Lipinski definition) is 2. The second-order valence-corrected chi connectivity index (χ2v) is 13.5. The van der Waals surface area contributed by atoms with E-state index in [1.807, 2.05) is 41.3 Å². The van der Waals surface area contributed by atoms with Gasteiger partial charge in [0.2, 0.25) is 0 Å². The molecule has 0 unspecified atom stereocenters. The SMILES string of the molecule is CN(C)C1(c2ccccc2)CCC2(CC1)CN(Cc1ccc(CO)c(CO)c1)C(=O)N2CC1(OCc2ccccc2)CCC1. The molecule has 2 aliphatic carbocycles. The van der Waals surface area contributed by atoms with E-state index in [4.69, 9.17) is 4.74 Å². The predicted octanol–water partition coefficient (Wildman–Crippen LogP) is 5.82. The summed E-state index contributed by atoms with van der Waals surface area (Å²) in [4.78, 5) is 21.0. The summed E-state index contributed by atoms with van der Waals surface area (Å²) in [5, 5.41) is 19.6. The van der Waals surface area contributed by atoms with Gasteiger partial charge in [-0.25, -0.2) is 4.79 Å².